The maximum absolute atomic E-state index is 12.8. The van der Waals surface area contributed by atoms with Crippen LogP contribution >= 0.6 is 23.2 Å². The summed E-state index contributed by atoms with van der Waals surface area (Å²) in [5, 5.41) is 16.5. The van der Waals surface area contributed by atoms with Gasteiger partial charge >= 0.3 is 5.97 Å². The molecule has 0 aromatic heterocycles. The van der Waals surface area contributed by atoms with E-state index in [1.54, 1.807) is 0 Å². The van der Waals surface area contributed by atoms with Gasteiger partial charge in [0.2, 0.25) is 0 Å². The smallest absolute Gasteiger partial charge is 0.337 e. The molecule has 70 valence electrons. The first-order valence-corrected chi connectivity index (χ1v) is 3.80. The quantitative estimate of drug-likeness (QED) is 0.722. The summed E-state index contributed by atoms with van der Waals surface area (Å²) >= 11 is 10.6. The average Bonchev–Trinajstić information content (AvgIpc) is 2.07. The van der Waals surface area contributed by atoms with Gasteiger partial charge in [-0.25, -0.2) is 9.18 Å². The molecule has 0 aliphatic rings. The SMILES string of the molecule is O=C(O)c1cc(F)c(Cl)c(O)c1Cl. The van der Waals surface area contributed by atoms with E-state index in [0.29, 0.717) is 6.07 Å². The minimum Gasteiger partial charge on any atom is -0.505 e. The number of carbonyl (C=O) groups is 1. The van der Waals surface area contributed by atoms with Gasteiger partial charge in [-0.1, -0.05) is 23.2 Å². The predicted molar refractivity (Wildman–Crippen MR) is 45.0 cm³/mol. The number of hydrogen-bond acceptors (Lipinski definition) is 2. The summed E-state index contributed by atoms with van der Waals surface area (Å²) in [5.74, 6) is -3.22. The molecule has 0 bridgehead atoms. The van der Waals surface area contributed by atoms with Crippen molar-refractivity contribution < 1.29 is 19.4 Å². The molecule has 0 radical (unpaired) electrons. The van der Waals surface area contributed by atoms with E-state index >= 15 is 0 Å². The van der Waals surface area contributed by atoms with Crippen molar-refractivity contribution >= 4 is 29.2 Å². The monoisotopic (exact) mass is 224 g/mol. The number of hydrogen-bond donors (Lipinski definition) is 2. The van der Waals surface area contributed by atoms with Crippen LogP contribution in [0.1, 0.15) is 10.4 Å². The summed E-state index contributed by atoms with van der Waals surface area (Å²) in [4.78, 5) is 10.4. The molecule has 1 aromatic rings. The maximum Gasteiger partial charge on any atom is 0.337 e. The second-order valence-electron chi connectivity index (χ2n) is 2.19. The number of aromatic hydroxyl groups is 1. The minimum atomic E-state index is -1.43. The molecule has 2 N–H and O–H groups in total. The fourth-order valence-corrected chi connectivity index (χ4v) is 1.17. The van der Waals surface area contributed by atoms with Gasteiger partial charge in [0.05, 0.1) is 10.6 Å². The molecular weight excluding hydrogens is 222 g/mol. The fraction of sp³-hybridized carbons (Fsp3) is 0. The molecule has 3 nitrogen and oxygen atoms in total. The molecule has 0 spiro atoms. The van der Waals surface area contributed by atoms with Gasteiger partial charge in [-0.2, -0.15) is 0 Å². The van der Waals surface area contributed by atoms with Gasteiger partial charge in [-0.3, -0.25) is 0 Å². The van der Waals surface area contributed by atoms with Crippen LogP contribution in [0.5, 0.6) is 5.75 Å². The molecule has 0 unspecified atom stereocenters. The minimum absolute atomic E-state index is 0.473. The number of carboxylic acids is 1. The van der Waals surface area contributed by atoms with E-state index in [4.69, 9.17) is 33.4 Å². The lowest BCUT2D eigenvalue weighted by Crippen LogP contribution is -1.99. The molecular formula is C7H3Cl2FO3. The van der Waals surface area contributed by atoms with Crippen LogP contribution in [0.2, 0.25) is 10.0 Å². The predicted octanol–water partition coefficient (Wildman–Crippen LogP) is 2.54. The third-order valence-corrected chi connectivity index (χ3v) is 2.11. The lowest BCUT2D eigenvalue weighted by atomic mass is 10.2. The van der Waals surface area contributed by atoms with Crippen LogP contribution in [0, 0.1) is 5.82 Å². The first-order chi connectivity index (χ1) is 5.95. The largest absolute Gasteiger partial charge is 0.505 e. The average molecular weight is 225 g/mol. The standard InChI is InChI=1S/C7H3Cl2FO3/c8-4-2(7(12)13)1-3(10)5(9)6(4)11/h1,11H,(H,12,13). The van der Waals surface area contributed by atoms with E-state index in [9.17, 15) is 9.18 Å². The molecule has 0 aliphatic heterocycles. The van der Waals surface area contributed by atoms with Crippen LogP contribution in [-0.4, -0.2) is 16.2 Å². The Balaban J connectivity index is 3.50. The van der Waals surface area contributed by atoms with E-state index in [1.807, 2.05) is 0 Å². The van der Waals surface area contributed by atoms with E-state index in [0.717, 1.165) is 0 Å². The Labute approximate surface area is 82.3 Å². The van der Waals surface area contributed by atoms with Gasteiger partial charge in [0.1, 0.15) is 10.8 Å². The van der Waals surface area contributed by atoms with E-state index in [2.05, 4.69) is 0 Å². The van der Waals surface area contributed by atoms with Gasteiger partial charge in [-0.15, -0.1) is 0 Å². The molecule has 1 rings (SSSR count). The number of benzene rings is 1. The highest BCUT2D eigenvalue weighted by Gasteiger charge is 2.18. The maximum atomic E-state index is 12.8. The second kappa shape index (κ2) is 3.40. The topological polar surface area (TPSA) is 57.5 Å². The Morgan fingerprint density at radius 1 is 1.38 bits per heavy atom. The van der Waals surface area contributed by atoms with Crippen molar-refractivity contribution in [2.24, 2.45) is 0 Å². The summed E-state index contributed by atoms with van der Waals surface area (Å²) < 4.78 is 12.8. The van der Waals surface area contributed by atoms with Crippen LogP contribution in [0.15, 0.2) is 6.07 Å². The Hall–Kier alpha value is -1.00. The van der Waals surface area contributed by atoms with E-state index in [-0.39, 0.29) is 0 Å². The van der Waals surface area contributed by atoms with Crippen molar-refractivity contribution in [3.05, 3.63) is 27.5 Å². The van der Waals surface area contributed by atoms with Gasteiger partial charge in [0, 0.05) is 0 Å². The fourth-order valence-electron chi connectivity index (χ4n) is 0.746. The van der Waals surface area contributed by atoms with Crippen molar-refractivity contribution in [2.45, 2.75) is 0 Å². The third-order valence-electron chi connectivity index (χ3n) is 1.36. The van der Waals surface area contributed by atoms with Crippen LogP contribution in [-0.2, 0) is 0 Å². The molecule has 13 heavy (non-hydrogen) atoms. The van der Waals surface area contributed by atoms with E-state index in [1.165, 1.54) is 0 Å². The van der Waals surface area contributed by atoms with Crippen molar-refractivity contribution in [3.63, 3.8) is 0 Å². The zero-order valence-electron chi connectivity index (χ0n) is 6.01. The summed E-state index contributed by atoms with van der Waals surface area (Å²) in [6.07, 6.45) is 0. The van der Waals surface area contributed by atoms with E-state index < -0.39 is 33.1 Å². The zero-order valence-corrected chi connectivity index (χ0v) is 7.53. The molecule has 0 aliphatic carbocycles. The molecule has 0 atom stereocenters. The molecule has 0 saturated heterocycles. The molecule has 0 amide bonds. The summed E-state index contributed by atoms with van der Waals surface area (Å²) in [6, 6.07) is 0.646. The lowest BCUT2D eigenvalue weighted by molar-refractivity contribution is 0.0696. The molecule has 6 heteroatoms. The van der Waals surface area contributed by atoms with Crippen molar-refractivity contribution in [3.8, 4) is 5.75 Å². The Morgan fingerprint density at radius 3 is 2.38 bits per heavy atom. The van der Waals surface area contributed by atoms with Crippen LogP contribution < -0.4 is 0 Å². The van der Waals surface area contributed by atoms with Gasteiger partial charge in [0.15, 0.2) is 5.75 Å². The first kappa shape index (κ1) is 10.1. The molecule has 0 saturated carbocycles. The van der Waals surface area contributed by atoms with Gasteiger partial charge < -0.3 is 10.2 Å². The molecule has 0 fully saturated rings. The summed E-state index contributed by atoms with van der Waals surface area (Å²) in [6.45, 7) is 0. The normalized spacial score (nSPS) is 10.1. The van der Waals surface area contributed by atoms with Crippen molar-refractivity contribution in [2.75, 3.05) is 0 Å². The highest BCUT2D eigenvalue weighted by molar-refractivity contribution is 6.39. The van der Waals surface area contributed by atoms with Gasteiger partial charge in [-0.05, 0) is 6.07 Å². The third kappa shape index (κ3) is 1.68. The summed E-state index contributed by atoms with van der Waals surface area (Å²) in [7, 11) is 0. The molecule has 0 heterocycles. The number of carboxylic acid groups (broad SMARTS) is 1. The van der Waals surface area contributed by atoms with Crippen LogP contribution in [0.3, 0.4) is 0 Å². The number of halogens is 3. The molecule has 1 aromatic carbocycles. The summed E-state index contributed by atoms with van der Waals surface area (Å²) in [5.41, 5.74) is -0.527. The Kier molecular flexibility index (Phi) is 2.63. The lowest BCUT2D eigenvalue weighted by Gasteiger charge is -2.04. The van der Waals surface area contributed by atoms with Gasteiger partial charge in [0.25, 0.3) is 0 Å². The zero-order chi connectivity index (χ0) is 10.2. The second-order valence-corrected chi connectivity index (χ2v) is 2.94. The Bertz CT molecular complexity index is 378. The highest BCUT2D eigenvalue weighted by atomic mass is 35.5. The first-order valence-electron chi connectivity index (χ1n) is 3.05. The Morgan fingerprint density at radius 2 is 1.92 bits per heavy atom. The van der Waals surface area contributed by atoms with Crippen molar-refractivity contribution in [1.82, 2.24) is 0 Å². The number of phenols is 1. The number of phenolic OH excluding ortho intramolecular Hbond substituents is 1. The highest BCUT2D eigenvalue weighted by Crippen LogP contribution is 2.36. The van der Waals surface area contributed by atoms with Crippen molar-refractivity contribution in [1.29, 1.82) is 0 Å². The van der Waals surface area contributed by atoms with Crippen LogP contribution in [0.4, 0.5) is 4.39 Å². The van der Waals surface area contributed by atoms with Crippen LogP contribution in [0.25, 0.3) is 0 Å². The number of aromatic carboxylic acids is 1. The number of rotatable bonds is 1.